The quantitative estimate of drug-likeness (QED) is 0.639. The van der Waals surface area contributed by atoms with Gasteiger partial charge in [-0.3, -0.25) is 9.69 Å². The zero-order chi connectivity index (χ0) is 18.1. The van der Waals surface area contributed by atoms with Crippen molar-refractivity contribution in [1.82, 2.24) is 0 Å². The number of benzene rings is 2. The number of carbonyl (C=O) groups excluding carboxylic acids is 1. The van der Waals surface area contributed by atoms with Gasteiger partial charge in [-0.1, -0.05) is 36.1 Å². The van der Waals surface area contributed by atoms with Crippen LogP contribution in [0.3, 0.4) is 0 Å². The molecular formula is C19H17NO3S2. The Morgan fingerprint density at radius 3 is 2.56 bits per heavy atom. The van der Waals surface area contributed by atoms with Gasteiger partial charge in [0.1, 0.15) is 0 Å². The number of aryl methyl sites for hydroxylation is 2. The summed E-state index contributed by atoms with van der Waals surface area (Å²) in [5, 5.41) is 9.89. The van der Waals surface area contributed by atoms with Crippen molar-refractivity contribution in [2.24, 2.45) is 0 Å². The Balaban J connectivity index is 1.92. The van der Waals surface area contributed by atoms with E-state index in [1.807, 2.05) is 32.0 Å². The van der Waals surface area contributed by atoms with Gasteiger partial charge in [0.15, 0.2) is 15.8 Å². The number of ether oxygens (including phenoxy) is 1. The monoisotopic (exact) mass is 371 g/mol. The van der Waals surface area contributed by atoms with E-state index in [-0.39, 0.29) is 11.7 Å². The molecule has 1 aliphatic heterocycles. The molecule has 4 nitrogen and oxygen atoms in total. The second-order valence-electron chi connectivity index (χ2n) is 5.72. The van der Waals surface area contributed by atoms with E-state index in [2.05, 4.69) is 0 Å². The molecule has 1 N–H and O–H groups in total. The van der Waals surface area contributed by atoms with Crippen LogP contribution in [0.2, 0.25) is 0 Å². The van der Waals surface area contributed by atoms with Gasteiger partial charge < -0.3 is 9.84 Å². The number of amides is 1. The van der Waals surface area contributed by atoms with Gasteiger partial charge in [-0.2, -0.15) is 0 Å². The number of thioether (sulfide) groups is 1. The molecule has 1 amide bonds. The number of hydrogen-bond donors (Lipinski definition) is 1. The number of hydrogen-bond acceptors (Lipinski definition) is 5. The third-order valence-corrected chi connectivity index (χ3v) is 5.35. The molecule has 6 heteroatoms. The summed E-state index contributed by atoms with van der Waals surface area (Å²) in [6.45, 7) is 4.03. The van der Waals surface area contributed by atoms with Crippen molar-refractivity contribution in [1.29, 1.82) is 0 Å². The highest BCUT2D eigenvalue weighted by Crippen LogP contribution is 2.37. The van der Waals surface area contributed by atoms with E-state index < -0.39 is 0 Å². The van der Waals surface area contributed by atoms with Crippen molar-refractivity contribution in [3.8, 4) is 11.5 Å². The lowest BCUT2D eigenvalue weighted by atomic mass is 10.1. The van der Waals surface area contributed by atoms with Gasteiger partial charge >= 0.3 is 0 Å². The van der Waals surface area contributed by atoms with Gasteiger partial charge in [-0.15, -0.1) is 0 Å². The Kier molecular flexibility index (Phi) is 4.83. The predicted molar refractivity (Wildman–Crippen MR) is 106 cm³/mol. The summed E-state index contributed by atoms with van der Waals surface area (Å²) < 4.78 is 5.53. The van der Waals surface area contributed by atoms with E-state index in [4.69, 9.17) is 17.0 Å². The summed E-state index contributed by atoms with van der Waals surface area (Å²) in [5.41, 5.74) is 3.75. The number of rotatable bonds is 3. The number of aromatic hydroxyl groups is 1. The van der Waals surface area contributed by atoms with Gasteiger partial charge in [-0.05, 0) is 60.9 Å². The van der Waals surface area contributed by atoms with Crippen LogP contribution in [-0.2, 0) is 4.79 Å². The van der Waals surface area contributed by atoms with Crippen LogP contribution in [0.15, 0.2) is 41.3 Å². The van der Waals surface area contributed by atoms with Crippen molar-refractivity contribution < 1.29 is 14.6 Å². The molecule has 1 heterocycles. The number of phenols is 1. The van der Waals surface area contributed by atoms with E-state index in [1.54, 1.807) is 29.2 Å². The molecule has 1 saturated heterocycles. The van der Waals surface area contributed by atoms with Crippen LogP contribution in [0, 0.1) is 13.8 Å². The molecule has 0 atom stereocenters. The normalized spacial score (nSPS) is 16.0. The molecule has 3 rings (SSSR count). The maximum absolute atomic E-state index is 12.8. The first-order chi connectivity index (χ1) is 11.9. The second-order valence-corrected chi connectivity index (χ2v) is 7.39. The molecule has 1 fully saturated rings. The first-order valence-corrected chi connectivity index (χ1v) is 8.85. The van der Waals surface area contributed by atoms with E-state index >= 15 is 0 Å². The maximum atomic E-state index is 12.8. The van der Waals surface area contributed by atoms with Crippen LogP contribution in [0.5, 0.6) is 11.5 Å². The number of carbonyl (C=O) groups is 1. The minimum atomic E-state index is -0.159. The Morgan fingerprint density at radius 1 is 1.16 bits per heavy atom. The summed E-state index contributed by atoms with van der Waals surface area (Å²) >= 11 is 6.65. The molecule has 0 bridgehead atoms. The van der Waals surface area contributed by atoms with Crippen molar-refractivity contribution in [2.45, 2.75) is 13.8 Å². The zero-order valence-electron chi connectivity index (χ0n) is 14.1. The maximum Gasteiger partial charge on any atom is 0.270 e. The number of anilines is 1. The molecule has 2 aromatic carbocycles. The fourth-order valence-electron chi connectivity index (χ4n) is 2.50. The fourth-order valence-corrected chi connectivity index (χ4v) is 3.80. The van der Waals surface area contributed by atoms with Crippen molar-refractivity contribution in [3.63, 3.8) is 0 Å². The third-order valence-electron chi connectivity index (χ3n) is 4.04. The number of methoxy groups -OCH3 is 1. The number of phenolic OH excluding ortho intramolecular Hbond substituents is 1. The van der Waals surface area contributed by atoms with E-state index in [9.17, 15) is 9.90 Å². The van der Waals surface area contributed by atoms with Crippen LogP contribution in [0.1, 0.15) is 16.7 Å². The molecule has 25 heavy (non-hydrogen) atoms. The minimum Gasteiger partial charge on any atom is -0.504 e. The molecular weight excluding hydrogens is 354 g/mol. The van der Waals surface area contributed by atoms with Gasteiger partial charge in [0.2, 0.25) is 0 Å². The third kappa shape index (κ3) is 3.41. The van der Waals surface area contributed by atoms with Crippen molar-refractivity contribution in [3.05, 3.63) is 58.0 Å². The molecule has 0 aliphatic carbocycles. The average Bonchev–Trinajstić information content (AvgIpc) is 2.84. The average molecular weight is 371 g/mol. The van der Waals surface area contributed by atoms with Crippen molar-refractivity contribution in [2.75, 3.05) is 12.0 Å². The molecule has 128 valence electrons. The largest absolute Gasteiger partial charge is 0.504 e. The molecule has 1 aliphatic rings. The topological polar surface area (TPSA) is 49.8 Å². The number of nitrogens with zero attached hydrogens (tertiary/aromatic N) is 1. The fraction of sp³-hybridized carbons (Fsp3) is 0.158. The molecule has 0 aromatic heterocycles. The molecule has 0 radical (unpaired) electrons. The lowest BCUT2D eigenvalue weighted by Gasteiger charge is -2.15. The molecule has 0 unspecified atom stereocenters. The summed E-state index contributed by atoms with van der Waals surface area (Å²) in [6.07, 6.45) is 1.72. The molecule has 2 aromatic rings. The summed E-state index contributed by atoms with van der Waals surface area (Å²) in [6, 6.07) is 10.8. The first-order valence-electron chi connectivity index (χ1n) is 7.63. The first kappa shape index (κ1) is 17.5. The van der Waals surface area contributed by atoms with Gasteiger partial charge in [0, 0.05) is 0 Å². The Labute approximate surface area is 156 Å². The highest BCUT2D eigenvalue weighted by Gasteiger charge is 2.33. The van der Waals surface area contributed by atoms with E-state index in [1.165, 1.54) is 24.4 Å². The van der Waals surface area contributed by atoms with Gasteiger partial charge in [0.25, 0.3) is 5.91 Å². The van der Waals surface area contributed by atoms with Crippen LogP contribution in [0.4, 0.5) is 5.69 Å². The minimum absolute atomic E-state index is 0.0286. The van der Waals surface area contributed by atoms with Crippen LogP contribution < -0.4 is 9.64 Å². The highest BCUT2D eigenvalue weighted by molar-refractivity contribution is 8.27. The smallest absolute Gasteiger partial charge is 0.270 e. The summed E-state index contributed by atoms with van der Waals surface area (Å²) in [7, 11) is 1.49. The van der Waals surface area contributed by atoms with Crippen LogP contribution >= 0.6 is 24.0 Å². The predicted octanol–water partition coefficient (Wildman–Crippen LogP) is 4.42. The number of thiocarbonyl (C=S) groups is 1. The Hall–Kier alpha value is -2.31. The Morgan fingerprint density at radius 2 is 1.92 bits per heavy atom. The SMILES string of the molecule is COc1ccc(/C=C2/SC(=S)N(c3ccc(C)c(C)c3)C2=O)cc1O. The van der Waals surface area contributed by atoms with E-state index in [0.717, 1.165) is 11.3 Å². The van der Waals surface area contributed by atoms with Crippen LogP contribution in [-0.4, -0.2) is 22.4 Å². The molecule has 0 spiro atoms. The van der Waals surface area contributed by atoms with Crippen molar-refractivity contribution >= 4 is 46.0 Å². The lowest BCUT2D eigenvalue weighted by molar-refractivity contribution is -0.113. The second kappa shape index (κ2) is 6.90. The zero-order valence-corrected chi connectivity index (χ0v) is 15.7. The molecule has 0 saturated carbocycles. The van der Waals surface area contributed by atoms with E-state index in [0.29, 0.717) is 20.5 Å². The summed E-state index contributed by atoms with van der Waals surface area (Å²) in [5.74, 6) is 0.259. The lowest BCUT2D eigenvalue weighted by Crippen LogP contribution is -2.27. The summed E-state index contributed by atoms with van der Waals surface area (Å²) in [4.78, 5) is 14.9. The standard InChI is InChI=1S/C19H17NO3S2/c1-11-4-6-14(8-12(11)2)20-18(22)17(25-19(20)24)10-13-5-7-16(23-3)15(21)9-13/h4-10,21H,1-3H3/b17-10+. The Bertz CT molecular complexity index is 906. The van der Waals surface area contributed by atoms with Gasteiger partial charge in [0.05, 0.1) is 17.7 Å². The van der Waals surface area contributed by atoms with Gasteiger partial charge in [-0.25, -0.2) is 0 Å². The van der Waals surface area contributed by atoms with Crippen LogP contribution in [0.25, 0.3) is 6.08 Å². The highest BCUT2D eigenvalue weighted by atomic mass is 32.2.